The maximum atomic E-state index is 15.1. The van der Waals surface area contributed by atoms with Crippen molar-refractivity contribution in [3.05, 3.63) is 82.0 Å². The van der Waals surface area contributed by atoms with Crippen molar-refractivity contribution in [3.8, 4) is 23.2 Å². The third-order valence-corrected chi connectivity index (χ3v) is 5.36. The van der Waals surface area contributed by atoms with E-state index in [4.69, 9.17) is 25.4 Å². The first-order chi connectivity index (χ1) is 18.7. The fourth-order valence-electron chi connectivity index (χ4n) is 3.77. The zero-order valence-electron chi connectivity index (χ0n) is 21.2. The Hall–Kier alpha value is -5.27. The lowest BCUT2D eigenvalue weighted by Crippen LogP contribution is -2.18. The molecule has 0 radical (unpaired) electrons. The van der Waals surface area contributed by atoms with Crippen LogP contribution in [0.3, 0.4) is 0 Å². The second kappa shape index (κ2) is 11.4. The van der Waals surface area contributed by atoms with Crippen molar-refractivity contribution in [1.29, 1.82) is 5.41 Å². The molecule has 13 nitrogen and oxygen atoms in total. The van der Waals surface area contributed by atoms with Crippen LogP contribution in [-0.4, -0.2) is 50.3 Å². The predicted molar refractivity (Wildman–Crippen MR) is 138 cm³/mol. The Kier molecular flexibility index (Phi) is 7.84. The first kappa shape index (κ1) is 26.8. The average molecular weight is 537 g/mol. The number of halogens is 1. The van der Waals surface area contributed by atoms with Gasteiger partial charge in [-0.1, -0.05) is 0 Å². The van der Waals surface area contributed by atoms with Gasteiger partial charge in [0.2, 0.25) is 0 Å². The molecule has 4 aromatic rings. The molecule has 2 aromatic carbocycles. The van der Waals surface area contributed by atoms with Crippen molar-refractivity contribution < 1.29 is 23.4 Å². The minimum Gasteiger partial charge on any atom is -0.490 e. The Morgan fingerprint density at radius 3 is 2.62 bits per heavy atom. The number of anilines is 1. The number of amidine groups is 1. The number of nitrogen functional groups attached to an aromatic ring is 1. The highest BCUT2D eigenvalue weighted by molar-refractivity contribution is 5.98. The van der Waals surface area contributed by atoms with Crippen LogP contribution in [-0.2, 0) is 4.79 Å². The number of aromatic nitrogens is 5. The first-order valence-corrected chi connectivity index (χ1v) is 11.6. The number of nitrogens with two attached hydrogens (primary N) is 1. The molecule has 0 aliphatic carbocycles. The third-order valence-electron chi connectivity index (χ3n) is 5.36. The predicted octanol–water partition coefficient (Wildman–Crippen LogP) is 2.31. The molecular weight excluding hydrogens is 511 g/mol. The first-order valence-electron chi connectivity index (χ1n) is 11.6. The summed E-state index contributed by atoms with van der Waals surface area (Å²) < 4.78 is 32.0. The Morgan fingerprint density at radius 2 is 1.97 bits per heavy atom. The normalized spacial score (nSPS) is 11.5. The quantitative estimate of drug-likeness (QED) is 0.102. The molecule has 0 aliphatic heterocycles. The van der Waals surface area contributed by atoms with Crippen molar-refractivity contribution in [2.75, 3.05) is 19.0 Å². The summed E-state index contributed by atoms with van der Waals surface area (Å²) in [5, 5.41) is 15.3. The van der Waals surface area contributed by atoms with Gasteiger partial charge in [-0.25, -0.2) is 19.2 Å². The Balaban J connectivity index is 1.86. The van der Waals surface area contributed by atoms with Crippen molar-refractivity contribution >= 4 is 17.5 Å². The Bertz CT molecular complexity index is 1570. The highest BCUT2D eigenvalue weighted by atomic mass is 19.1. The number of nitrogens with zero attached hydrogens (tertiary/aromatic N) is 4. The number of carbonyl (C=O) groups is 1. The summed E-state index contributed by atoms with van der Waals surface area (Å²) in [6, 6.07) is 7.91. The number of methoxy groups -OCH3 is 1. The number of nitrogens with one attached hydrogen (secondary N) is 3. The molecule has 1 unspecified atom stereocenters. The second-order valence-corrected chi connectivity index (χ2v) is 8.04. The van der Waals surface area contributed by atoms with Gasteiger partial charge in [-0.15, -0.1) is 9.78 Å². The molecule has 0 saturated carbocycles. The van der Waals surface area contributed by atoms with E-state index in [-0.39, 0.29) is 47.0 Å². The maximum Gasteiger partial charge on any atom is 0.350 e. The number of esters is 1. The number of rotatable bonds is 10. The lowest BCUT2D eigenvalue weighted by Gasteiger charge is -2.21. The molecule has 0 saturated heterocycles. The van der Waals surface area contributed by atoms with E-state index in [2.05, 4.69) is 25.4 Å². The van der Waals surface area contributed by atoms with Crippen molar-refractivity contribution in [2.24, 2.45) is 5.73 Å². The number of H-pyrrole nitrogens is 1. The largest absolute Gasteiger partial charge is 0.490 e. The van der Waals surface area contributed by atoms with E-state index in [9.17, 15) is 9.59 Å². The number of hydrogen-bond donors (Lipinski definition) is 4. The van der Waals surface area contributed by atoms with E-state index < -0.39 is 23.5 Å². The molecule has 0 spiro atoms. The van der Waals surface area contributed by atoms with Gasteiger partial charge in [0.15, 0.2) is 23.1 Å². The zero-order chi connectivity index (χ0) is 28.1. The summed E-state index contributed by atoms with van der Waals surface area (Å²) in [4.78, 5) is 35.2. The zero-order valence-corrected chi connectivity index (χ0v) is 21.2. The highest BCUT2D eigenvalue weighted by Crippen LogP contribution is 2.36. The van der Waals surface area contributed by atoms with E-state index in [0.717, 1.165) is 4.68 Å². The van der Waals surface area contributed by atoms with Crippen molar-refractivity contribution in [2.45, 2.75) is 19.9 Å². The number of benzene rings is 2. The topological polar surface area (TPSA) is 183 Å². The van der Waals surface area contributed by atoms with E-state index in [1.165, 1.54) is 44.6 Å². The number of hydrogen-bond acceptors (Lipinski definition) is 10. The van der Waals surface area contributed by atoms with Crippen LogP contribution in [0.15, 0.2) is 53.6 Å². The smallest absolute Gasteiger partial charge is 0.350 e. The van der Waals surface area contributed by atoms with Gasteiger partial charge in [-0.3, -0.25) is 15.2 Å². The fraction of sp³-hybridized carbons (Fsp3) is 0.200. The molecular formula is C25H25FN8O5. The average Bonchev–Trinajstić information content (AvgIpc) is 3.28. The standard InChI is InChI=1S/C25H25FN8O5/c1-4-38-19-11-14(10-17(26)21(19)37-3)20(23-32-25(36)34(33-23)24-29-8-5-9-30-24)31-15-6-7-16(22(27)28)18(12-15)39-13(2)35/h5-12,20,31H,4H2,1-3H3,(H3,27,28)(H,32,33,36). The van der Waals surface area contributed by atoms with Crippen LogP contribution in [0.5, 0.6) is 17.2 Å². The van der Waals surface area contributed by atoms with E-state index in [1.807, 2.05) is 0 Å². The minimum atomic E-state index is -0.962. The molecule has 0 fully saturated rings. The van der Waals surface area contributed by atoms with Crippen LogP contribution >= 0.6 is 0 Å². The van der Waals surface area contributed by atoms with E-state index >= 15 is 4.39 Å². The number of carbonyl (C=O) groups excluding carboxylic acids is 1. The van der Waals surface area contributed by atoms with Gasteiger partial charge in [-0.2, -0.15) is 0 Å². The molecule has 5 N–H and O–H groups in total. The maximum absolute atomic E-state index is 15.1. The van der Waals surface area contributed by atoms with Gasteiger partial charge in [0.05, 0.1) is 19.3 Å². The Labute approximate surface area is 221 Å². The van der Waals surface area contributed by atoms with Crippen molar-refractivity contribution in [1.82, 2.24) is 24.7 Å². The lowest BCUT2D eigenvalue weighted by atomic mass is 10.0. The van der Waals surface area contributed by atoms with Crippen LogP contribution < -0.4 is 31.0 Å². The monoisotopic (exact) mass is 536 g/mol. The molecule has 1 atom stereocenters. The van der Waals surface area contributed by atoms with E-state index in [1.54, 1.807) is 25.1 Å². The van der Waals surface area contributed by atoms with Crippen LogP contribution in [0, 0.1) is 11.2 Å². The lowest BCUT2D eigenvalue weighted by molar-refractivity contribution is -0.131. The molecule has 2 heterocycles. The number of aromatic amines is 1. The second-order valence-electron chi connectivity index (χ2n) is 8.04. The highest BCUT2D eigenvalue weighted by Gasteiger charge is 2.25. The van der Waals surface area contributed by atoms with Crippen LogP contribution in [0.25, 0.3) is 5.95 Å². The summed E-state index contributed by atoms with van der Waals surface area (Å²) in [7, 11) is 1.32. The molecule has 202 valence electrons. The van der Waals surface area contributed by atoms with Gasteiger partial charge in [0, 0.05) is 31.1 Å². The molecule has 0 bridgehead atoms. The Morgan fingerprint density at radius 1 is 1.23 bits per heavy atom. The molecule has 0 amide bonds. The van der Waals surface area contributed by atoms with E-state index in [0.29, 0.717) is 11.3 Å². The van der Waals surface area contributed by atoms with Crippen molar-refractivity contribution in [3.63, 3.8) is 0 Å². The molecule has 39 heavy (non-hydrogen) atoms. The molecule has 0 aliphatic rings. The molecule has 2 aromatic heterocycles. The minimum absolute atomic E-state index is 0.0302. The van der Waals surface area contributed by atoms with Gasteiger partial charge in [0.1, 0.15) is 17.6 Å². The SMILES string of the molecule is CCOc1cc(C(Nc2ccc(C(=N)N)c(OC(C)=O)c2)c2nn(-c3ncccn3)c(=O)[nH]2)cc(F)c1OC. The van der Waals surface area contributed by atoms with Crippen LogP contribution in [0.1, 0.15) is 36.8 Å². The summed E-state index contributed by atoms with van der Waals surface area (Å²) >= 11 is 0. The summed E-state index contributed by atoms with van der Waals surface area (Å²) in [5.41, 5.74) is 5.88. The number of ether oxygens (including phenoxy) is 3. The summed E-state index contributed by atoms with van der Waals surface area (Å²) in [5.74, 6) is -1.42. The fourth-order valence-corrected chi connectivity index (χ4v) is 3.77. The molecule has 4 rings (SSSR count). The van der Waals surface area contributed by atoms with Crippen LogP contribution in [0.2, 0.25) is 0 Å². The van der Waals surface area contributed by atoms with Gasteiger partial charge in [0.25, 0.3) is 5.95 Å². The van der Waals surface area contributed by atoms with Crippen LogP contribution in [0.4, 0.5) is 10.1 Å². The molecule has 14 heteroatoms. The summed E-state index contributed by atoms with van der Waals surface area (Å²) in [6.45, 7) is 3.20. The third kappa shape index (κ3) is 5.84. The summed E-state index contributed by atoms with van der Waals surface area (Å²) in [6.07, 6.45) is 2.92. The van der Waals surface area contributed by atoms with Gasteiger partial charge >= 0.3 is 11.7 Å². The van der Waals surface area contributed by atoms with Gasteiger partial charge in [-0.05, 0) is 42.8 Å². The van der Waals surface area contributed by atoms with Gasteiger partial charge < -0.3 is 25.3 Å².